The van der Waals surface area contributed by atoms with E-state index < -0.39 is 0 Å². The maximum absolute atomic E-state index is 12.8. The number of hydrogen-bond donors (Lipinski definition) is 0. The first-order chi connectivity index (χ1) is 12.8. The van der Waals surface area contributed by atoms with Crippen LogP contribution in [0.25, 0.3) is 0 Å². The van der Waals surface area contributed by atoms with Crippen molar-refractivity contribution in [2.75, 3.05) is 6.54 Å². The molecule has 1 fully saturated rings. The van der Waals surface area contributed by atoms with E-state index in [0.29, 0.717) is 23.8 Å². The fourth-order valence-corrected chi connectivity index (χ4v) is 3.14. The third-order valence-corrected chi connectivity index (χ3v) is 4.41. The SMILES string of the molecule is O=C(c1ccccc1)N1CCC[C@@H]1c1nc(COc2ccccc2)no1. The highest BCUT2D eigenvalue weighted by Gasteiger charge is 2.34. The van der Waals surface area contributed by atoms with Crippen molar-refractivity contribution in [3.63, 3.8) is 0 Å². The summed E-state index contributed by atoms with van der Waals surface area (Å²) in [5, 5.41) is 3.99. The largest absolute Gasteiger partial charge is 0.485 e. The molecule has 1 aromatic heterocycles. The molecule has 1 aliphatic heterocycles. The van der Waals surface area contributed by atoms with Crippen LogP contribution < -0.4 is 4.74 Å². The Hall–Kier alpha value is -3.15. The Kier molecular flexibility index (Phi) is 4.64. The van der Waals surface area contributed by atoms with Gasteiger partial charge >= 0.3 is 0 Å². The molecule has 0 N–H and O–H groups in total. The van der Waals surface area contributed by atoms with E-state index in [2.05, 4.69) is 10.1 Å². The molecule has 0 bridgehead atoms. The predicted molar refractivity (Wildman–Crippen MR) is 94.5 cm³/mol. The van der Waals surface area contributed by atoms with Gasteiger partial charge in [-0.3, -0.25) is 4.79 Å². The number of hydrogen-bond acceptors (Lipinski definition) is 5. The number of aromatic nitrogens is 2. The molecule has 6 nitrogen and oxygen atoms in total. The zero-order valence-electron chi connectivity index (χ0n) is 14.2. The van der Waals surface area contributed by atoms with E-state index in [1.54, 1.807) is 0 Å². The Morgan fingerprint density at radius 2 is 1.85 bits per heavy atom. The molecule has 2 heterocycles. The van der Waals surface area contributed by atoms with Gasteiger partial charge in [-0.2, -0.15) is 4.98 Å². The first-order valence-corrected chi connectivity index (χ1v) is 8.67. The number of nitrogens with zero attached hydrogens (tertiary/aromatic N) is 3. The van der Waals surface area contributed by atoms with Gasteiger partial charge < -0.3 is 14.2 Å². The topological polar surface area (TPSA) is 68.5 Å². The maximum atomic E-state index is 12.8. The standard InChI is InChI=1S/C20H19N3O3/c24-20(15-8-3-1-4-9-15)23-13-7-12-17(23)19-21-18(22-26-19)14-25-16-10-5-2-6-11-16/h1-6,8-11,17H,7,12-14H2/t17-/m1/s1. The number of benzene rings is 2. The van der Waals surface area contributed by atoms with E-state index >= 15 is 0 Å². The molecule has 132 valence electrons. The van der Waals surface area contributed by atoms with E-state index in [1.807, 2.05) is 65.6 Å². The van der Waals surface area contributed by atoms with Gasteiger partial charge in [-0.15, -0.1) is 0 Å². The molecule has 0 aliphatic carbocycles. The second-order valence-corrected chi connectivity index (χ2v) is 6.17. The fourth-order valence-electron chi connectivity index (χ4n) is 3.14. The number of rotatable bonds is 5. The quantitative estimate of drug-likeness (QED) is 0.704. The molecule has 6 heteroatoms. The van der Waals surface area contributed by atoms with Crippen molar-refractivity contribution in [2.45, 2.75) is 25.5 Å². The van der Waals surface area contributed by atoms with Crippen LogP contribution in [0.5, 0.6) is 5.75 Å². The summed E-state index contributed by atoms with van der Waals surface area (Å²) in [6.45, 7) is 0.920. The molecule has 2 aromatic carbocycles. The minimum absolute atomic E-state index is 0.00612. The molecule has 4 rings (SSSR count). The predicted octanol–water partition coefficient (Wildman–Crippen LogP) is 3.63. The first-order valence-electron chi connectivity index (χ1n) is 8.67. The summed E-state index contributed by atoms with van der Waals surface area (Å²) in [4.78, 5) is 19.0. The Morgan fingerprint density at radius 1 is 1.12 bits per heavy atom. The Morgan fingerprint density at radius 3 is 2.62 bits per heavy atom. The fraction of sp³-hybridized carbons (Fsp3) is 0.250. The highest BCUT2D eigenvalue weighted by atomic mass is 16.5. The molecule has 1 saturated heterocycles. The Bertz CT molecular complexity index is 864. The summed E-state index contributed by atoms with van der Waals surface area (Å²) >= 11 is 0. The lowest BCUT2D eigenvalue weighted by molar-refractivity contribution is 0.0710. The third-order valence-electron chi connectivity index (χ3n) is 4.41. The second kappa shape index (κ2) is 7.39. The van der Waals surface area contributed by atoms with Gasteiger partial charge in [0.2, 0.25) is 11.7 Å². The monoisotopic (exact) mass is 349 g/mol. The van der Waals surface area contributed by atoms with Crippen LogP contribution in [0.2, 0.25) is 0 Å². The van der Waals surface area contributed by atoms with Crippen molar-refractivity contribution in [3.05, 3.63) is 77.9 Å². The van der Waals surface area contributed by atoms with Gasteiger partial charge in [0.1, 0.15) is 11.8 Å². The molecule has 3 aromatic rings. The summed E-state index contributed by atoms with van der Waals surface area (Å²) in [5.74, 6) is 1.69. The van der Waals surface area contributed by atoms with Crippen LogP contribution in [0.15, 0.2) is 65.2 Å². The average molecular weight is 349 g/mol. The molecular formula is C20H19N3O3. The van der Waals surface area contributed by atoms with Crippen LogP contribution >= 0.6 is 0 Å². The van der Waals surface area contributed by atoms with E-state index in [4.69, 9.17) is 9.26 Å². The summed E-state index contributed by atoms with van der Waals surface area (Å²) in [7, 11) is 0. The first kappa shape index (κ1) is 16.3. The van der Waals surface area contributed by atoms with Crippen molar-refractivity contribution in [1.29, 1.82) is 0 Å². The second-order valence-electron chi connectivity index (χ2n) is 6.17. The highest BCUT2D eigenvalue weighted by Crippen LogP contribution is 2.32. The lowest BCUT2D eigenvalue weighted by Gasteiger charge is -2.21. The van der Waals surface area contributed by atoms with Crippen molar-refractivity contribution >= 4 is 5.91 Å². The molecule has 0 radical (unpaired) electrons. The van der Waals surface area contributed by atoms with Gasteiger partial charge in [-0.1, -0.05) is 41.6 Å². The van der Waals surface area contributed by atoms with Gasteiger partial charge in [-0.05, 0) is 37.1 Å². The van der Waals surface area contributed by atoms with Crippen LogP contribution in [0.1, 0.15) is 41.0 Å². The Balaban J connectivity index is 1.45. The lowest BCUT2D eigenvalue weighted by Crippen LogP contribution is -2.30. The molecule has 0 saturated carbocycles. The minimum Gasteiger partial charge on any atom is -0.485 e. The van der Waals surface area contributed by atoms with E-state index in [0.717, 1.165) is 18.6 Å². The van der Waals surface area contributed by atoms with Crippen LogP contribution in [-0.2, 0) is 6.61 Å². The van der Waals surface area contributed by atoms with E-state index in [1.165, 1.54) is 0 Å². The number of carbonyl (C=O) groups is 1. The van der Waals surface area contributed by atoms with Crippen LogP contribution in [0.3, 0.4) is 0 Å². The minimum atomic E-state index is -0.180. The van der Waals surface area contributed by atoms with Crippen molar-refractivity contribution < 1.29 is 14.1 Å². The number of likely N-dealkylation sites (tertiary alicyclic amines) is 1. The van der Waals surface area contributed by atoms with E-state index in [-0.39, 0.29) is 18.6 Å². The van der Waals surface area contributed by atoms with Crippen molar-refractivity contribution in [2.24, 2.45) is 0 Å². The van der Waals surface area contributed by atoms with Crippen LogP contribution in [0, 0.1) is 0 Å². The normalized spacial score (nSPS) is 16.6. The molecule has 1 atom stereocenters. The maximum Gasteiger partial charge on any atom is 0.254 e. The number of amides is 1. The highest BCUT2D eigenvalue weighted by molar-refractivity contribution is 5.94. The van der Waals surface area contributed by atoms with Gasteiger partial charge in [0, 0.05) is 12.1 Å². The molecule has 1 amide bonds. The summed E-state index contributed by atoms with van der Waals surface area (Å²) in [5.41, 5.74) is 0.673. The molecule has 1 aliphatic rings. The molecule has 0 unspecified atom stereocenters. The van der Waals surface area contributed by atoms with Crippen molar-refractivity contribution in [1.82, 2.24) is 15.0 Å². The lowest BCUT2D eigenvalue weighted by atomic mass is 10.1. The zero-order chi connectivity index (χ0) is 17.8. The summed E-state index contributed by atoms with van der Waals surface area (Å²) < 4.78 is 11.1. The van der Waals surface area contributed by atoms with Crippen molar-refractivity contribution in [3.8, 4) is 5.75 Å². The van der Waals surface area contributed by atoms with Crippen LogP contribution in [-0.4, -0.2) is 27.5 Å². The number of para-hydroxylation sites is 1. The Labute approximate surface area is 151 Å². The molecule has 26 heavy (non-hydrogen) atoms. The van der Waals surface area contributed by atoms with Gasteiger partial charge in [0.15, 0.2) is 6.61 Å². The summed E-state index contributed by atoms with van der Waals surface area (Å²) in [6.07, 6.45) is 1.74. The average Bonchev–Trinajstić information content (AvgIpc) is 3.36. The van der Waals surface area contributed by atoms with E-state index in [9.17, 15) is 4.79 Å². The molecule has 0 spiro atoms. The zero-order valence-corrected chi connectivity index (χ0v) is 14.2. The van der Waals surface area contributed by atoms with Gasteiger partial charge in [0.05, 0.1) is 0 Å². The summed E-state index contributed by atoms with van der Waals surface area (Å²) in [6, 6.07) is 18.6. The smallest absolute Gasteiger partial charge is 0.254 e. The number of ether oxygens (including phenoxy) is 1. The third kappa shape index (κ3) is 3.44. The van der Waals surface area contributed by atoms with Crippen LogP contribution in [0.4, 0.5) is 0 Å². The molecular weight excluding hydrogens is 330 g/mol. The van der Waals surface area contributed by atoms with Gasteiger partial charge in [0.25, 0.3) is 5.91 Å². The van der Waals surface area contributed by atoms with Gasteiger partial charge in [-0.25, -0.2) is 0 Å². The number of carbonyl (C=O) groups excluding carboxylic acids is 1.